The number of para-hydroxylation sites is 1. The minimum Gasteiger partial charge on any atom is -0.494 e. The maximum atomic E-state index is 12.4. The summed E-state index contributed by atoms with van der Waals surface area (Å²) in [4.78, 5) is 12.4. The first-order valence-corrected chi connectivity index (χ1v) is 8.80. The Bertz CT molecular complexity index is 720. The number of ether oxygens (including phenoxy) is 2. The van der Waals surface area contributed by atoms with Crippen LogP contribution < -0.4 is 14.8 Å². The fourth-order valence-corrected chi connectivity index (χ4v) is 2.76. The summed E-state index contributed by atoms with van der Waals surface area (Å²) in [5, 5.41) is 2.57. The second-order valence-corrected chi connectivity index (χ2v) is 6.16. The largest absolute Gasteiger partial charge is 0.494 e. The normalized spacial score (nSPS) is 11.1. The minimum atomic E-state index is -4.28. The van der Waals surface area contributed by atoms with Crippen molar-refractivity contribution < 1.29 is 27.4 Å². The molecule has 0 saturated heterocycles. The molecular formula is C18H18F3NO3S. The van der Waals surface area contributed by atoms with E-state index in [-0.39, 0.29) is 6.61 Å². The number of anilines is 1. The zero-order chi connectivity index (χ0) is 19.0. The van der Waals surface area contributed by atoms with E-state index in [2.05, 4.69) is 5.32 Å². The Morgan fingerprint density at radius 1 is 1.04 bits per heavy atom. The number of halogens is 3. The highest BCUT2D eigenvalue weighted by molar-refractivity contribution is 7.99. The predicted molar refractivity (Wildman–Crippen MR) is 95.0 cm³/mol. The van der Waals surface area contributed by atoms with E-state index < -0.39 is 17.8 Å². The summed E-state index contributed by atoms with van der Waals surface area (Å²) < 4.78 is 47.8. The third-order valence-electron chi connectivity index (χ3n) is 3.06. The van der Waals surface area contributed by atoms with Crippen LogP contribution in [0.4, 0.5) is 18.9 Å². The first-order valence-electron chi connectivity index (χ1n) is 7.81. The summed E-state index contributed by atoms with van der Waals surface area (Å²) in [5.74, 6) is -0.301. The number of nitrogens with one attached hydrogen (secondary N) is 1. The summed E-state index contributed by atoms with van der Waals surface area (Å²) in [7, 11) is 0. The fraction of sp³-hybridized carbons (Fsp3) is 0.278. The molecule has 2 rings (SSSR count). The summed E-state index contributed by atoms with van der Waals surface area (Å²) in [5.41, 5.74) is 0.321. The number of carbonyl (C=O) groups is 1. The molecule has 26 heavy (non-hydrogen) atoms. The Morgan fingerprint density at radius 2 is 1.65 bits per heavy atom. The lowest BCUT2D eigenvalue weighted by atomic mass is 10.3. The van der Waals surface area contributed by atoms with Crippen molar-refractivity contribution in [1.82, 2.24) is 0 Å². The second-order valence-electron chi connectivity index (χ2n) is 5.14. The lowest BCUT2D eigenvalue weighted by Gasteiger charge is -2.12. The van der Waals surface area contributed by atoms with Gasteiger partial charge in [-0.25, -0.2) is 0 Å². The maximum absolute atomic E-state index is 12.4. The monoisotopic (exact) mass is 385 g/mol. The van der Waals surface area contributed by atoms with Crippen LogP contribution in [0.25, 0.3) is 0 Å². The van der Waals surface area contributed by atoms with E-state index in [0.717, 1.165) is 0 Å². The fourth-order valence-electron chi connectivity index (χ4n) is 1.99. The molecule has 0 heterocycles. The molecule has 0 atom stereocenters. The van der Waals surface area contributed by atoms with Gasteiger partial charge < -0.3 is 14.8 Å². The average molecular weight is 385 g/mol. The summed E-state index contributed by atoms with van der Waals surface area (Å²) >= 11 is 0.622. The van der Waals surface area contributed by atoms with Gasteiger partial charge in [-0.2, -0.15) is 13.2 Å². The van der Waals surface area contributed by atoms with Gasteiger partial charge in [0.2, 0.25) is 0 Å². The van der Waals surface area contributed by atoms with Crippen LogP contribution in [0.5, 0.6) is 11.5 Å². The summed E-state index contributed by atoms with van der Waals surface area (Å²) in [6.07, 6.45) is -4.28. The van der Waals surface area contributed by atoms with E-state index in [1.54, 1.807) is 42.5 Å². The molecule has 140 valence electrons. The van der Waals surface area contributed by atoms with Crippen LogP contribution in [0.3, 0.4) is 0 Å². The van der Waals surface area contributed by atoms with Gasteiger partial charge in [0.25, 0.3) is 5.91 Å². The first kappa shape index (κ1) is 20.0. The van der Waals surface area contributed by atoms with Crippen LogP contribution in [-0.4, -0.2) is 31.1 Å². The van der Waals surface area contributed by atoms with Gasteiger partial charge in [-0.15, -0.1) is 11.8 Å². The number of benzene rings is 2. The summed E-state index contributed by atoms with van der Waals surface area (Å²) in [6, 6.07) is 13.1. The van der Waals surface area contributed by atoms with E-state index in [9.17, 15) is 18.0 Å². The van der Waals surface area contributed by atoms with E-state index in [1.807, 2.05) is 6.92 Å². The van der Waals surface area contributed by atoms with Crippen LogP contribution in [0.2, 0.25) is 0 Å². The SMILES string of the molecule is CCOc1ccc(OCC(=O)Nc2ccccc2SCC(F)(F)F)cc1. The number of hydrogen-bond donors (Lipinski definition) is 1. The molecule has 0 bridgehead atoms. The Hall–Kier alpha value is -2.35. The predicted octanol–water partition coefficient (Wildman–Crippen LogP) is 4.76. The number of thioether (sulfide) groups is 1. The molecule has 0 aliphatic heterocycles. The highest BCUT2D eigenvalue weighted by Gasteiger charge is 2.27. The van der Waals surface area contributed by atoms with Gasteiger partial charge in [0.05, 0.1) is 18.0 Å². The average Bonchev–Trinajstić information content (AvgIpc) is 2.60. The van der Waals surface area contributed by atoms with E-state index in [1.165, 1.54) is 6.07 Å². The maximum Gasteiger partial charge on any atom is 0.398 e. The molecule has 0 saturated carbocycles. The van der Waals surface area contributed by atoms with Gasteiger partial charge in [-0.1, -0.05) is 12.1 Å². The number of alkyl halides is 3. The smallest absolute Gasteiger partial charge is 0.398 e. The number of hydrogen-bond acceptors (Lipinski definition) is 4. The van der Waals surface area contributed by atoms with E-state index >= 15 is 0 Å². The minimum absolute atomic E-state index is 0.258. The van der Waals surface area contributed by atoms with Crippen molar-refractivity contribution in [2.75, 3.05) is 24.3 Å². The van der Waals surface area contributed by atoms with Crippen molar-refractivity contribution in [3.63, 3.8) is 0 Å². The van der Waals surface area contributed by atoms with E-state index in [4.69, 9.17) is 9.47 Å². The molecule has 2 aromatic rings. The zero-order valence-corrected chi connectivity index (χ0v) is 14.8. The van der Waals surface area contributed by atoms with Gasteiger partial charge in [0.1, 0.15) is 11.5 Å². The third-order valence-corrected chi connectivity index (χ3v) is 4.20. The van der Waals surface area contributed by atoms with Crippen molar-refractivity contribution in [3.8, 4) is 11.5 Å². The molecule has 8 heteroatoms. The second kappa shape index (κ2) is 9.38. The number of amides is 1. The van der Waals surface area contributed by atoms with Crippen molar-refractivity contribution >= 4 is 23.4 Å². The van der Waals surface area contributed by atoms with Crippen LogP contribution >= 0.6 is 11.8 Å². The quantitative estimate of drug-likeness (QED) is 0.666. The summed E-state index contributed by atoms with van der Waals surface area (Å²) in [6.45, 7) is 2.17. The van der Waals surface area contributed by atoms with Crippen LogP contribution in [0.15, 0.2) is 53.4 Å². The van der Waals surface area contributed by atoms with Crippen molar-refractivity contribution in [1.29, 1.82) is 0 Å². The third kappa shape index (κ3) is 6.87. The van der Waals surface area contributed by atoms with Crippen molar-refractivity contribution in [3.05, 3.63) is 48.5 Å². The van der Waals surface area contributed by atoms with Gasteiger partial charge in [0, 0.05) is 4.90 Å². The van der Waals surface area contributed by atoms with Crippen molar-refractivity contribution in [2.24, 2.45) is 0 Å². The standard InChI is InChI=1S/C18H18F3NO3S/c1-2-24-13-7-9-14(10-8-13)25-11-17(23)22-15-5-3-4-6-16(15)26-12-18(19,20)21/h3-10H,2,11-12H2,1H3,(H,22,23). The lowest BCUT2D eigenvalue weighted by Crippen LogP contribution is -2.20. The molecule has 1 N–H and O–H groups in total. The highest BCUT2D eigenvalue weighted by Crippen LogP contribution is 2.32. The number of carbonyl (C=O) groups excluding carboxylic acids is 1. The van der Waals surface area contributed by atoms with Gasteiger partial charge in [0.15, 0.2) is 6.61 Å². The van der Waals surface area contributed by atoms with E-state index in [0.29, 0.717) is 40.5 Å². The Kier molecular flexibility index (Phi) is 7.20. The van der Waals surface area contributed by atoms with Gasteiger partial charge in [-0.05, 0) is 43.3 Å². The Morgan fingerprint density at radius 3 is 2.27 bits per heavy atom. The van der Waals surface area contributed by atoms with Gasteiger partial charge >= 0.3 is 6.18 Å². The molecule has 0 unspecified atom stereocenters. The molecule has 0 aromatic heterocycles. The molecule has 1 amide bonds. The first-order chi connectivity index (χ1) is 12.4. The van der Waals surface area contributed by atoms with Gasteiger partial charge in [-0.3, -0.25) is 4.79 Å². The highest BCUT2D eigenvalue weighted by atomic mass is 32.2. The molecular weight excluding hydrogens is 367 g/mol. The molecule has 0 fully saturated rings. The molecule has 0 aliphatic carbocycles. The molecule has 0 spiro atoms. The zero-order valence-electron chi connectivity index (χ0n) is 14.0. The number of rotatable bonds is 8. The topological polar surface area (TPSA) is 47.6 Å². The Balaban J connectivity index is 1.89. The van der Waals surface area contributed by atoms with Crippen LogP contribution in [-0.2, 0) is 4.79 Å². The molecule has 0 aliphatic rings. The molecule has 0 radical (unpaired) electrons. The molecule has 2 aromatic carbocycles. The molecule has 4 nitrogen and oxygen atoms in total. The van der Waals surface area contributed by atoms with Crippen LogP contribution in [0.1, 0.15) is 6.92 Å². The van der Waals surface area contributed by atoms with Crippen LogP contribution in [0, 0.1) is 0 Å². The Labute approximate surface area is 153 Å². The van der Waals surface area contributed by atoms with Crippen molar-refractivity contribution in [2.45, 2.75) is 18.0 Å². The lowest BCUT2D eigenvalue weighted by molar-refractivity contribution is -0.118.